The van der Waals surface area contributed by atoms with Gasteiger partial charge in [0.2, 0.25) is 0 Å². The summed E-state index contributed by atoms with van der Waals surface area (Å²) in [6.45, 7) is 5.73. The topological polar surface area (TPSA) is 76.3 Å². The van der Waals surface area contributed by atoms with Crippen molar-refractivity contribution >= 4 is 34.7 Å². The molecule has 0 aliphatic carbocycles. The first kappa shape index (κ1) is 18.4. The number of hydrogen-bond acceptors (Lipinski definition) is 6. The number of amides is 1. The third-order valence-corrected chi connectivity index (χ3v) is 5.82. The molecule has 1 aromatic heterocycles. The minimum atomic E-state index is -0.516. The second-order valence-electron chi connectivity index (χ2n) is 5.41. The molecule has 128 valence electrons. The van der Waals surface area contributed by atoms with E-state index in [1.807, 2.05) is 27.0 Å². The van der Waals surface area contributed by atoms with Gasteiger partial charge in [-0.05, 0) is 39.2 Å². The molecule has 0 radical (unpaired) electrons. The van der Waals surface area contributed by atoms with E-state index in [9.17, 15) is 14.9 Å². The quantitative estimate of drug-likeness (QED) is 0.450. The van der Waals surface area contributed by atoms with Crippen LogP contribution in [0, 0.1) is 24.0 Å². The zero-order chi connectivity index (χ0) is 18.0. The van der Waals surface area contributed by atoms with Crippen molar-refractivity contribution in [2.75, 3.05) is 13.3 Å². The van der Waals surface area contributed by atoms with Gasteiger partial charge in [0.25, 0.3) is 11.6 Å². The molecular weight excluding hydrogens is 346 g/mol. The Labute approximate surface area is 149 Å². The summed E-state index contributed by atoms with van der Waals surface area (Å²) in [6.07, 6.45) is 1.87. The Bertz CT molecular complexity index is 789. The molecule has 0 spiro atoms. The van der Waals surface area contributed by atoms with E-state index >= 15 is 0 Å². The molecule has 2 rings (SSSR count). The van der Waals surface area contributed by atoms with Gasteiger partial charge in [-0.2, -0.15) is 0 Å². The summed E-state index contributed by atoms with van der Waals surface area (Å²) in [5, 5.41) is 12.2. The standard InChI is InChI=1S/C16H19N3O3S2/c1-9-15(24-11(3)17-9)10(2)18(4)16(20)13-8-12(23-5)6-7-14(13)19(21)22/h6-8,10H,1-5H3. The van der Waals surface area contributed by atoms with Gasteiger partial charge in [0.05, 0.1) is 21.7 Å². The molecule has 1 heterocycles. The van der Waals surface area contributed by atoms with Crippen LogP contribution in [0.3, 0.4) is 0 Å². The van der Waals surface area contributed by atoms with Gasteiger partial charge < -0.3 is 4.90 Å². The van der Waals surface area contributed by atoms with Crippen molar-refractivity contribution in [2.24, 2.45) is 0 Å². The molecule has 0 aliphatic heterocycles. The largest absolute Gasteiger partial charge is 0.334 e. The van der Waals surface area contributed by atoms with Crippen LogP contribution in [0.1, 0.15) is 38.9 Å². The molecular formula is C16H19N3O3S2. The van der Waals surface area contributed by atoms with E-state index in [0.717, 1.165) is 20.5 Å². The van der Waals surface area contributed by atoms with Crippen molar-refractivity contribution in [1.29, 1.82) is 0 Å². The molecule has 1 aromatic carbocycles. The normalized spacial score (nSPS) is 12.0. The number of nitro groups is 1. The highest BCUT2D eigenvalue weighted by Gasteiger charge is 2.28. The van der Waals surface area contributed by atoms with Crippen molar-refractivity contribution < 1.29 is 9.72 Å². The highest BCUT2D eigenvalue weighted by Crippen LogP contribution is 2.31. The van der Waals surface area contributed by atoms with Crippen LogP contribution < -0.4 is 0 Å². The van der Waals surface area contributed by atoms with E-state index in [0.29, 0.717) is 0 Å². The third kappa shape index (κ3) is 3.59. The molecule has 24 heavy (non-hydrogen) atoms. The van der Waals surface area contributed by atoms with Crippen molar-refractivity contribution in [2.45, 2.75) is 31.7 Å². The summed E-state index contributed by atoms with van der Waals surface area (Å²) >= 11 is 2.98. The van der Waals surface area contributed by atoms with Gasteiger partial charge in [-0.15, -0.1) is 23.1 Å². The lowest BCUT2D eigenvalue weighted by atomic mass is 10.1. The van der Waals surface area contributed by atoms with E-state index in [1.54, 1.807) is 19.2 Å². The molecule has 2 aromatic rings. The maximum atomic E-state index is 12.9. The molecule has 8 heteroatoms. The zero-order valence-corrected chi connectivity index (χ0v) is 15.8. The first-order valence-corrected chi connectivity index (χ1v) is 9.34. The van der Waals surface area contributed by atoms with E-state index < -0.39 is 4.92 Å². The third-order valence-electron chi connectivity index (χ3n) is 3.85. The molecule has 0 aliphatic rings. The predicted octanol–water partition coefficient (Wildman–Crippen LogP) is 4.22. The van der Waals surface area contributed by atoms with Crippen LogP contribution in [0.15, 0.2) is 23.1 Å². The minimum absolute atomic E-state index is 0.111. The van der Waals surface area contributed by atoms with E-state index in [2.05, 4.69) is 4.98 Å². The van der Waals surface area contributed by atoms with E-state index in [-0.39, 0.29) is 23.2 Å². The van der Waals surface area contributed by atoms with Gasteiger partial charge in [0, 0.05) is 22.9 Å². The van der Waals surface area contributed by atoms with Crippen molar-refractivity contribution in [3.05, 3.63) is 49.5 Å². The molecule has 0 fully saturated rings. The lowest BCUT2D eigenvalue weighted by molar-refractivity contribution is -0.385. The summed E-state index contributed by atoms with van der Waals surface area (Å²) < 4.78 is 0. The fourth-order valence-electron chi connectivity index (χ4n) is 2.45. The zero-order valence-electron chi connectivity index (χ0n) is 14.2. The van der Waals surface area contributed by atoms with Gasteiger partial charge in [-0.3, -0.25) is 14.9 Å². The minimum Gasteiger partial charge on any atom is -0.334 e. The van der Waals surface area contributed by atoms with Crippen LogP contribution >= 0.6 is 23.1 Å². The van der Waals surface area contributed by atoms with Crippen molar-refractivity contribution in [3.63, 3.8) is 0 Å². The van der Waals surface area contributed by atoms with Crippen molar-refractivity contribution in [1.82, 2.24) is 9.88 Å². The lowest BCUT2D eigenvalue weighted by Gasteiger charge is -2.24. The summed E-state index contributed by atoms with van der Waals surface area (Å²) in [7, 11) is 1.66. The predicted molar refractivity (Wildman–Crippen MR) is 97.0 cm³/mol. The van der Waals surface area contributed by atoms with Gasteiger partial charge >= 0.3 is 0 Å². The molecule has 1 unspecified atom stereocenters. The number of hydrogen-bond donors (Lipinski definition) is 0. The smallest absolute Gasteiger partial charge is 0.282 e. The monoisotopic (exact) mass is 365 g/mol. The fourth-order valence-corrected chi connectivity index (χ4v) is 3.91. The second kappa shape index (κ2) is 7.31. The van der Waals surface area contributed by atoms with Gasteiger partial charge in [-0.25, -0.2) is 4.98 Å². The van der Waals surface area contributed by atoms with Crippen LogP contribution in [0.25, 0.3) is 0 Å². The number of carbonyl (C=O) groups excluding carboxylic acids is 1. The number of aryl methyl sites for hydroxylation is 2. The lowest BCUT2D eigenvalue weighted by Crippen LogP contribution is -2.30. The molecule has 1 amide bonds. The van der Waals surface area contributed by atoms with Crippen LogP contribution in [0.4, 0.5) is 5.69 Å². The van der Waals surface area contributed by atoms with E-state index in [1.165, 1.54) is 34.1 Å². The number of benzene rings is 1. The Kier molecular flexibility index (Phi) is 5.61. The number of carbonyl (C=O) groups is 1. The number of thioether (sulfide) groups is 1. The first-order chi connectivity index (χ1) is 11.3. The summed E-state index contributed by atoms with van der Waals surface area (Å²) in [5.41, 5.74) is 0.825. The first-order valence-electron chi connectivity index (χ1n) is 7.29. The number of nitrogens with zero attached hydrogens (tertiary/aromatic N) is 3. The van der Waals surface area contributed by atoms with Crippen molar-refractivity contribution in [3.8, 4) is 0 Å². The van der Waals surface area contributed by atoms with Crippen LogP contribution in [0.5, 0.6) is 0 Å². The second-order valence-corrected chi connectivity index (χ2v) is 7.53. The molecule has 0 saturated heterocycles. The maximum Gasteiger partial charge on any atom is 0.282 e. The Morgan fingerprint density at radius 2 is 2.08 bits per heavy atom. The number of nitro benzene ring substituents is 1. The number of aromatic nitrogens is 1. The Morgan fingerprint density at radius 3 is 2.58 bits per heavy atom. The summed E-state index contributed by atoms with van der Waals surface area (Å²) in [4.78, 5) is 31.3. The number of thiazole rings is 1. The van der Waals surface area contributed by atoms with Gasteiger partial charge in [0.1, 0.15) is 5.56 Å². The maximum absolute atomic E-state index is 12.9. The summed E-state index contributed by atoms with van der Waals surface area (Å²) in [6, 6.07) is 4.42. The Balaban J connectivity index is 2.40. The fraction of sp³-hybridized carbons (Fsp3) is 0.375. The van der Waals surface area contributed by atoms with Gasteiger partial charge in [0.15, 0.2) is 0 Å². The van der Waals surface area contributed by atoms with Crippen LogP contribution in [-0.2, 0) is 0 Å². The average molecular weight is 365 g/mol. The summed E-state index contributed by atoms with van der Waals surface area (Å²) in [5.74, 6) is -0.365. The molecule has 0 bridgehead atoms. The van der Waals surface area contributed by atoms with Crippen LogP contribution in [0.2, 0.25) is 0 Å². The molecule has 6 nitrogen and oxygen atoms in total. The average Bonchev–Trinajstić information content (AvgIpc) is 2.90. The Hall–Kier alpha value is -1.93. The van der Waals surface area contributed by atoms with Crippen LogP contribution in [-0.4, -0.2) is 34.0 Å². The molecule has 1 atom stereocenters. The van der Waals surface area contributed by atoms with Gasteiger partial charge in [-0.1, -0.05) is 0 Å². The molecule has 0 saturated carbocycles. The highest BCUT2D eigenvalue weighted by molar-refractivity contribution is 7.98. The SMILES string of the molecule is CSc1ccc([N+](=O)[O-])c(C(=O)N(C)C(C)c2sc(C)nc2C)c1. The molecule has 0 N–H and O–H groups in total. The van der Waals surface area contributed by atoms with E-state index in [4.69, 9.17) is 0 Å². The highest BCUT2D eigenvalue weighted by atomic mass is 32.2. The Morgan fingerprint density at radius 1 is 1.42 bits per heavy atom. The number of rotatable bonds is 5.